The molecule has 32 heavy (non-hydrogen) atoms. The van der Waals surface area contributed by atoms with Gasteiger partial charge in [-0.3, -0.25) is 13.8 Å². The summed E-state index contributed by atoms with van der Waals surface area (Å²) in [5.41, 5.74) is 3.60. The predicted molar refractivity (Wildman–Crippen MR) is 118 cm³/mol. The molecule has 0 saturated carbocycles. The summed E-state index contributed by atoms with van der Waals surface area (Å²) in [5, 5.41) is 10.1. The summed E-state index contributed by atoms with van der Waals surface area (Å²) in [6, 6.07) is 0. The normalized spacial score (nSPS) is 26.0. The van der Waals surface area contributed by atoms with Crippen molar-refractivity contribution in [2.75, 3.05) is 13.3 Å². The molecule has 5 atom stereocenters. The van der Waals surface area contributed by atoms with Gasteiger partial charge >= 0.3 is 13.8 Å². The standard InChI is InChI=1S/C22H36FO8P/c1-15(2)8-6-9-16(3)10-7-11-17(4)12-13-28-32(26,27)31-22-20(25)21(29-18(5)24)19(14-23)30-22/h8,10,12,19-22,25H,6-7,9,11,13-14H2,1-5H3,(H,26,27)/b16-10+,17-12+/t19-,20+,21-,22+/m1/s1. The van der Waals surface area contributed by atoms with Crippen molar-refractivity contribution >= 4 is 13.8 Å². The van der Waals surface area contributed by atoms with Crippen molar-refractivity contribution in [2.24, 2.45) is 0 Å². The van der Waals surface area contributed by atoms with Gasteiger partial charge in [-0.25, -0.2) is 8.96 Å². The van der Waals surface area contributed by atoms with Crippen molar-refractivity contribution in [3.05, 3.63) is 34.9 Å². The van der Waals surface area contributed by atoms with Crippen LogP contribution in [0.3, 0.4) is 0 Å². The Hall–Kier alpha value is -1.35. The van der Waals surface area contributed by atoms with Gasteiger partial charge in [0.1, 0.15) is 18.9 Å². The Morgan fingerprint density at radius 2 is 1.66 bits per heavy atom. The molecule has 0 aromatic heterocycles. The summed E-state index contributed by atoms with van der Waals surface area (Å²) in [4.78, 5) is 21.0. The largest absolute Gasteiger partial charge is 0.474 e. The summed E-state index contributed by atoms with van der Waals surface area (Å²) in [6.07, 6.45) is 3.75. The van der Waals surface area contributed by atoms with Crippen LogP contribution in [0, 0.1) is 0 Å². The van der Waals surface area contributed by atoms with Crippen molar-refractivity contribution in [1.29, 1.82) is 0 Å². The first-order valence-electron chi connectivity index (χ1n) is 10.6. The molecule has 1 fully saturated rings. The topological polar surface area (TPSA) is 112 Å². The fraction of sp³-hybridized carbons (Fsp3) is 0.682. The zero-order chi connectivity index (χ0) is 24.3. The van der Waals surface area contributed by atoms with Crippen molar-refractivity contribution in [2.45, 2.75) is 84.9 Å². The highest BCUT2D eigenvalue weighted by Gasteiger charge is 2.49. The molecule has 1 rings (SSSR count). The van der Waals surface area contributed by atoms with Crippen molar-refractivity contribution in [3.8, 4) is 0 Å². The van der Waals surface area contributed by atoms with E-state index in [1.54, 1.807) is 6.08 Å². The molecule has 184 valence electrons. The molecular formula is C22H36FO8P. The minimum atomic E-state index is -4.61. The highest BCUT2D eigenvalue weighted by Crippen LogP contribution is 2.47. The van der Waals surface area contributed by atoms with Gasteiger partial charge in [0.2, 0.25) is 0 Å². The van der Waals surface area contributed by atoms with Crippen LogP contribution in [-0.2, 0) is 27.9 Å². The van der Waals surface area contributed by atoms with Crippen LogP contribution in [0.2, 0.25) is 0 Å². The molecule has 8 nitrogen and oxygen atoms in total. The first kappa shape index (κ1) is 28.7. The van der Waals surface area contributed by atoms with Gasteiger partial charge in [-0.05, 0) is 53.4 Å². The lowest BCUT2D eigenvalue weighted by Crippen LogP contribution is -2.37. The monoisotopic (exact) mass is 478 g/mol. The smallest absolute Gasteiger partial charge is 0.457 e. The molecule has 0 bridgehead atoms. The minimum Gasteiger partial charge on any atom is -0.457 e. The number of phosphoric ester groups is 1. The number of phosphoric acid groups is 1. The SMILES string of the molecule is CC(=O)O[C@H]1[C@H](O)[C@H](OP(=O)(O)OC/C=C(\C)CC/C=C(\C)CCC=C(C)C)O[C@@H]1CF. The lowest BCUT2D eigenvalue weighted by Gasteiger charge is -2.19. The molecule has 0 amide bonds. The molecule has 0 aromatic rings. The van der Waals surface area contributed by atoms with Crippen LogP contribution >= 0.6 is 7.82 Å². The van der Waals surface area contributed by atoms with E-state index < -0.39 is 45.1 Å². The van der Waals surface area contributed by atoms with Gasteiger partial charge in [-0.1, -0.05) is 34.9 Å². The number of aliphatic hydroxyl groups excluding tert-OH is 1. The molecule has 1 saturated heterocycles. The van der Waals surface area contributed by atoms with E-state index in [0.29, 0.717) is 0 Å². The Morgan fingerprint density at radius 1 is 1.06 bits per heavy atom. The molecule has 1 heterocycles. The minimum absolute atomic E-state index is 0.189. The third kappa shape index (κ3) is 11.0. The fourth-order valence-electron chi connectivity index (χ4n) is 3.03. The molecule has 0 aromatic carbocycles. The maximum Gasteiger partial charge on any atom is 0.474 e. The zero-order valence-electron chi connectivity index (χ0n) is 19.5. The first-order valence-corrected chi connectivity index (χ1v) is 12.1. The van der Waals surface area contributed by atoms with Crippen molar-refractivity contribution < 1.29 is 42.3 Å². The van der Waals surface area contributed by atoms with Crippen molar-refractivity contribution in [3.63, 3.8) is 0 Å². The predicted octanol–water partition coefficient (Wildman–Crippen LogP) is 4.53. The number of esters is 1. The molecule has 0 spiro atoms. The highest BCUT2D eigenvalue weighted by atomic mass is 31.2. The van der Waals surface area contributed by atoms with E-state index in [0.717, 1.165) is 38.2 Å². The first-order chi connectivity index (χ1) is 14.9. The van der Waals surface area contributed by atoms with E-state index in [2.05, 4.69) is 32.9 Å². The van der Waals surface area contributed by atoms with Gasteiger partial charge in [-0.2, -0.15) is 0 Å². The number of ether oxygens (including phenoxy) is 2. The van der Waals surface area contributed by atoms with E-state index in [-0.39, 0.29) is 6.61 Å². The van der Waals surface area contributed by atoms with Crippen LogP contribution in [0.15, 0.2) is 34.9 Å². The lowest BCUT2D eigenvalue weighted by atomic mass is 10.1. The summed E-state index contributed by atoms with van der Waals surface area (Å²) >= 11 is 0. The number of halogens is 1. The number of aliphatic hydroxyl groups is 1. The van der Waals surface area contributed by atoms with E-state index in [1.807, 2.05) is 6.92 Å². The Balaban J connectivity index is 2.47. The zero-order valence-corrected chi connectivity index (χ0v) is 20.3. The Labute approximate surface area is 189 Å². The number of hydrogen-bond acceptors (Lipinski definition) is 7. The third-order valence-corrected chi connectivity index (χ3v) is 5.72. The van der Waals surface area contributed by atoms with Gasteiger partial charge in [0.25, 0.3) is 0 Å². The molecule has 0 radical (unpaired) electrons. The van der Waals surface area contributed by atoms with E-state index >= 15 is 0 Å². The second-order valence-corrected chi connectivity index (χ2v) is 9.50. The molecule has 2 N–H and O–H groups in total. The second-order valence-electron chi connectivity index (χ2n) is 8.09. The Bertz CT molecular complexity index is 744. The molecule has 0 aliphatic carbocycles. The number of alkyl halides is 1. The summed E-state index contributed by atoms with van der Waals surface area (Å²) < 4.78 is 44.8. The summed E-state index contributed by atoms with van der Waals surface area (Å²) in [5.74, 6) is -0.751. The number of allylic oxidation sites excluding steroid dienone is 5. The van der Waals surface area contributed by atoms with Crippen LogP contribution < -0.4 is 0 Å². The maximum atomic E-state index is 13.1. The van der Waals surface area contributed by atoms with Gasteiger partial charge in [-0.15, -0.1) is 0 Å². The van der Waals surface area contributed by atoms with Gasteiger partial charge in [0, 0.05) is 6.92 Å². The molecular weight excluding hydrogens is 442 g/mol. The van der Waals surface area contributed by atoms with Crippen LogP contribution in [0.25, 0.3) is 0 Å². The molecule has 10 heteroatoms. The van der Waals surface area contributed by atoms with E-state index in [4.69, 9.17) is 18.5 Å². The van der Waals surface area contributed by atoms with E-state index in [1.165, 1.54) is 11.1 Å². The molecule has 1 aliphatic rings. The summed E-state index contributed by atoms with van der Waals surface area (Å²) in [7, 11) is -4.61. The van der Waals surface area contributed by atoms with Gasteiger partial charge < -0.3 is 19.5 Å². The Morgan fingerprint density at radius 3 is 2.22 bits per heavy atom. The second kappa shape index (κ2) is 14.0. The highest BCUT2D eigenvalue weighted by molar-refractivity contribution is 7.47. The maximum absolute atomic E-state index is 13.1. The quantitative estimate of drug-likeness (QED) is 0.226. The van der Waals surface area contributed by atoms with Gasteiger partial charge in [0.15, 0.2) is 12.4 Å². The van der Waals surface area contributed by atoms with Crippen LogP contribution in [0.4, 0.5) is 4.39 Å². The van der Waals surface area contributed by atoms with Gasteiger partial charge in [0.05, 0.1) is 6.61 Å². The number of carbonyl (C=O) groups is 1. The Kier molecular flexibility index (Phi) is 12.6. The van der Waals surface area contributed by atoms with E-state index in [9.17, 15) is 23.7 Å². The summed E-state index contributed by atoms with van der Waals surface area (Å²) in [6.45, 7) is 7.97. The molecule has 1 aliphatic heterocycles. The average Bonchev–Trinajstić information content (AvgIpc) is 2.95. The average molecular weight is 478 g/mol. The van der Waals surface area contributed by atoms with Crippen molar-refractivity contribution in [1.82, 2.24) is 0 Å². The lowest BCUT2D eigenvalue weighted by molar-refractivity contribution is -0.153. The third-order valence-electron chi connectivity index (χ3n) is 4.77. The number of carbonyl (C=O) groups excluding carboxylic acids is 1. The fourth-order valence-corrected chi connectivity index (χ4v) is 3.79. The van der Waals surface area contributed by atoms with Crippen LogP contribution in [0.1, 0.15) is 60.3 Å². The van der Waals surface area contributed by atoms with Crippen LogP contribution in [-0.4, -0.2) is 53.9 Å². The molecule has 1 unspecified atom stereocenters. The number of rotatable bonds is 13. The van der Waals surface area contributed by atoms with Crippen LogP contribution in [0.5, 0.6) is 0 Å². The number of hydrogen-bond donors (Lipinski definition) is 2.